The molecule has 0 aliphatic heterocycles. The van der Waals surface area contributed by atoms with E-state index >= 15 is 0 Å². The van der Waals surface area contributed by atoms with Crippen LogP contribution in [0.25, 0.3) is 27.4 Å². The molecule has 1 heterocycles. The average molecular weight is 382 g/mol. The van der Waals surface area contributed by atoms with Crippen LogP contribution in [0.1, 0.15) is 11.3 Å². The fraction of sp³-hybridized carbons (Fsp3) is 0.0870. The van der Waals surface area contributed by atoms with Gasteiger partial charge in [0.2, 0.25) is 0 Å². The van der Waals surface area contributed by atoms with Gasteiger partial charge >= 0.3 is 0 Å². The lowest BCUT2D eigenvalue weighted by molar-refractivity contribution is -0.117. The lowest BCUT2D eigenvalue weighted by Crippen LogP contribution is -2.25. The second-order valence-corrected chi connectivity index (χ2v) is 6.66. The van der Waals surface area contributed by atoms with Crippen molar-refractivity contribution in [2.45, 2.75) is 6.54 Å². The van der Waals surface area contributed by atoms with Gasteiger partial charge in [0.25, 0.3) is 5.91 Å². The summed E-state index contributed by atoms with van der Waals surface area (Å²) in [5, 5.41) is 30.0. The minimum Gasteiger partial charge on any atom is -0.504 e. The van der Waals surface area contributed by atoms with E-state index in [1.807, 2.05) is 72.8 Å². The zero-order valence-corrected chi connectivity index (χ0v) is 15.8. The van der Waals surface area contributed by atoms with Crippen molar-refractivity contribution in [3.63, 3.8) is 0 Å². The van der Waals surface area contributed by atoms with Gasteiger partial charge in [-0.2, -0.15) is 10.4 Å². The zero-order valence-electron chi connectivity index (χ0n) is 15.8. The highest BCUT2D eigenvalue weighted by Gasteiger charge is 2.22. The fourth-order valence-corrected chi connectivity index (χ4v) is 3.42. The number of amides is 1. The standard InChI is InChI=1S/C23H18N4O2/c1-27-21-17-10-6-5-9-16(17)11-12-18(21)20(26-27)22(28)19(13-24)23(29)25-14-15-7-3-2-4-8-15/h2-12,28H,14H2,1H3,(H,25,29)/b22-19+. The Kier molecular flexibility index (Phi) is 4.71. The van der Waals surface area contributed by atoms with Crippen LogP contribution in [0.2, 0.25) is 0 Å². The van der Waals surface area contributed by atoms with Gasteiger partial charge in [-0.05, 0) is 17.0 Å². The van der Waals surface area contributed by atoms with E-state index in [-0.39, 0.29) is 17.8 Å². The van der Waals surface area contributed by atoms with Crippen molar-refractivity contribution in [1.29, 1.82) is 5.26 Å². The number of benzene rings is 3. The van der Waals surface area contributed by atoms with Crippen LogP contribution in [0, 0.1) is 11.3 Å². The number of nitrogens with one attached hydrogen (secondary N) is 1. The van der Waals surface area contributed by atoms with Crippen molar-refractivity contribution < 1.29 is 9.90 Å². The normalized spacial score (nSPS) is 11.9. The Bertz CT molecular complexity index is 1300. The van der Waals surface area contributed by atoms with E-state index in [0.29, 0.717) is 5.39 Å². The number of fused-ring (bicyclic) bond motifs is 3. The number of hydrogen-bond acceptors (Lipinski definition) is 4. The first-order valence-electron chi connectivity index (χ1n) is 9.10. The molecule has 0 atom stereocenters. The number of rotatable bonds is 4. The molecule has 0 fully saturated rings. The number of nitriles is 1. The average Bonchev–Trinajstić information content (AvgIpc) is 3.10. The maximum atomic E-state index is 12.5. The first kappa shape index (κ1) is 18.3. The number of aliphatic hydroxyl groups is 1. The van der Waals surface area contributed by atoms with Gasteiger partial charge in [0.05, 0.1) is 5.52 Å². The van der Waals surface area contributed by atoms with Crippen LogP contribution in [0.4, 0.5) is 0 Å². The molecule has 0 radical (unpaired) electrons. The van der Waals surface area contributed by atoms with Crippen molar-refractivity contribution >= 4 is 33.3 Å². The second-order valence-electron chi connectivity index (χ2n) is 6.66. The van der Waals surface area contributed by atoms with Crippen LogP contribution in [-0.2, 0) is 18.4 Å². The van der Waals surface area contributed by atoms with Gasteiger partial charge in [0.1, 0.15) is 11.8 Å². The molecule has 142 valence electrons. The number of carbonyl (C=O) groups is 1. The summed E-state index contributed by atoms with van der Waals surface area (Å²) in [6, 6.07) is 22.8. The minimum atomic E-state index is -0.645. The topological polar surface area (TPSA) is 90.9 Å². The Morgan fingerprint density at radius 2 is 1.79 bits per heavy atom. The summed E-state index contributed by atoms with van der Waals surface area (Å²) in [6.45, 7) is 0.256. The molecule has 1 amide bonds. The number of nitrogens with zero attached hydrogens (tertiary/aromatic N) is 3. The van der Waals surface area contributed by atoms with Gasteiger partial charge < -0.3 is 10.4 Å². The summed E-state index contributed by atoms with van der Waals surface area (Å²) < 4.78 is 1.65. The zero-order chi connectivity index (χ0) is 20.4. The molecule has 4 aromatic rings. The fourth-order valence-electron chi connectivity index (χ4n) is 3.42. The summed E-state index contributed by atoms with van der Waals surface area (Å²) in [6.07, 6.45) is 0. The van der Waals surface area contributed by atoms with Crippen LogP contribution in [-0.4, -0.2) is 20.8 Å². The van der Waals surface area contributed by atoms with Crippen molar-refractivity contribution in [1.82, 2.24) is 15.1 Å². The number of aliphatic hydroxyl groups excluding tert-OH is 1. The summed E-state index contributed by atoms with van der Waals surface area (Å²) in [4.78, 5) is 12.5. The van der Waals surface area contributed by atoms with Gasteiger partial charge in [-0.1, -0.05) is 60.7 Å². The summed E-state index contributed by atoms with van der Waals surface area (Å²) >= 11 is 0. The van der Waals surface area contributed by atoms with Gasteiger partial charge in [-0.15, -0.1) is 0 Å². The van der Waals surface area contributed by atoms with E-state index in [1.54, 1.807) is 11.7 Å². The monoisotopic (exact) mass is 382 g/mol. The molecule has 0 aliphatic rings. The highest BCUT2D eigenvalue weighted by molar-refractivity contribution is 6.10. The third kappa shape index (κ3) is 3.30. The van der Waals surface area contributed by atoms with Crippen molar-refractivity contribution in [3.05, 3.63) is 83.6 Å². The summed E-state index contributed by atoms with van der Waals surface area (Å²) in [5.41, 5.74) is 1.56. The maximum absolute atomic E-state index is 12.5. The van der Waals surface area contributed by atoms with Crippen LogP contribution in [0.15, 0.2) is 72.3 Å². The lowest BCUT2D eigenvalue weighted by Gasteiger charge is -2.06. The molecule has 6 nitrogen and oxygen atoms in total. The van der Waals surface area contributed by atoms with E-state index in [4.69, 9.17) is 0 Å². The predicted molar refractivity (Wildman–Crippen MR) is 112 cm³/mol. The Morgan fingerprint density at radius 3 is 2.55 bits per heavy atom. The Labute approximate surface area is 167 Å². The molecule has 0 saturated carbocycles. The molecule has 1 aromatic heterocycles. The predicted octanol–water partition coefficient (Wildman–Crippen LogP) is 3.84. The Hall–Kier alpha value is -4.11. The Balaban J connectivity index is 1.75. The molecule has 0 aliphatic carbocycles. The molecular weight excluding hydrogens is 364 g/mol. The number of aryl methyl sites for hydroxylation is 1. The highest BCUT2D eigenvalue weighted by atomic mass is 16.3. The van der Waals surface area contributed by atoms with Crippen LogP contribution in [0.5, 0.6) is 0 Å². The minimum absolute atomic E-state index is 0.208. The molecule has 0 saturated heterocycles. The molecule has 29 heavy (non-hydrogen) atoms. The SMILES string of the molecule is Cn1nc(/C(O)=C(/C#N)C(=O)NCc2ccccc2)c2ccc3ccccc3c21. The lowest BCUT2D eigenvalue weighted by atomic mass is 10.0. The van der Waals surface area contributed by atoms with E-state index in [9.17, 15) is 15.2 Å². The largest absolute Gasteiger partial charge is 0.504 e. The van der Waals surface area contributed by atoms with Crippen LogP contribution >= 0.6 is 0 Å². The first-order valence-corrected chi connectivity index (χ1v) is 9.10. The first-order chi connectivity index (χ1) is 14.1. The molecule has 0 spiro atoms. The molecular formula is C23H18N4O2. The van der Waals surface area contributed by atoms with Gasteiger partial charge in [-0.3, -0.25) is 9.48 Å². The second kappa shape index (κ2) is 7.49. The number of carbonyl (C=O) groups excluding carboxylic acids is 1. The molecule has 0 unspecified atom stereocenters. The van der Waals surface area contributed by atoms with E-state index < -0.39 is 11.7 Å². The van der Waals surface area contributed by atoms with Crippen molar-refractivity contribution in [2.75, 3.05) is 0 Å². The van der Waals surface area contributed by atoms with E-state index in [2.05, 4.69) is 10.4 Å². The number of aromatic nitrogens is 2. The third-order valence-electron chi connectivity index (χ3n) is 4.83. The number of hydrogen-bond donors (Lipinski definition) is 2. The quantitative estimate of drug-likeness (QED) is 0.319. The maximum Gasteiger partial charge on any atom is 0.266 e. The van der Waals surface area contributed by atoms with Crippen LogP contribution in [0.3, 0.4) is 0 Å². The summed E-state index contributed by atoms with van der Waals surface area (Å²) in [7, 11) is 1.77. The van der Waals surface area contributed by atoms with Crippen molar-refractivity contribution in [2.24, 2.45) is 7.05 Å². The molecule has 3 aromatic carbocycles. The smallest absolute Gasteiger partial charge is 0.266 e. The third-order valence-corrected chi connectivity index (χ3v) is 4.83. The van der Waals surface area contributed by atoms with Gasteiger partial charge in [0, 0.05) is 24.4 Å². The highest BCUT2D eigenvalue weighted by Crippen LogP contribution is 2.30. The van der Waals surface area contributed by atoms with Gasteiger partial charge in [-0.25, -0.2) is 0 Å². The van der Waals surface area contributed by atoms with E-state index in [0.717, 1.165) is 21.9 Å². The molecule has 2 N–H and O–H groups in total. The summed E-state index contributed by atoms with van der Waals surface area (Å²) in [5.74, 6) is -1.08. The van der Waals surface area contributed by atoms with E-state index in [1.165, 1.54) is 0 Å². The van der Waals surface area contributed by atoms with Gasteiger partial charge in [0.15, 0.2) is 11.3 Å². The molecule has 4 rings (SSSR count). The Morgan fingerprint density at radius 1 is 1.07 bits per heavy atom. The molecule has 6 heteroatoms. The molecule has 0 bridgehead atoms. The van der Waals surface area contributed by atoms with Crippen LogP contribution < -0.4 is 5.32 Å². The van der Waals surface area contributed by atoms with Crippen molar-refractivity contribution in [3.8, 4) is 6.07 Å².